The van der Waals surface area contributed by atoms with E-state index in [-0.39, 0.29) is 0 Å². The van der Waals surface area contributed by atoms with E-state index in [0.717, 1.165) is 24.3 Å². The van der Waals surface area contributed by atoms with Gasteiger partial charge in [-0.25, -0.2) is 4.79 Å². The molecule has 0 atom stereocenters. The van der Waals surface area contributed by atoms with Gasteiger partial charge in [0.15, 0.2) is 0 Å². The number of hydrogen-bond acceptors (Lipinski definition) is 3. The van der Waals surface area contributed by atoms with Gasteiger partial charge in [-0.3, -0.25) is 0 Å². The van der Waals surface area contributed by atoms with Crippen molar-refractivity contribution in [1.82, 2.24) is 4.90 Å². The fraction of sp³-hybridized carbons (Fsp3) is 0.417. The number of rotatable bonds is 5. The number of nitrogens with zero attached hydrogens (tertiary/aromatic N) is 1. The molecular formula is C12H18N2O2. The van der Waals surface area contributed by atoms with Gasteiger partial charge in [0.2, 0.25) is 0 Å². The number of carbonyl (C=O) groups is 1. The third-order valence-corrected chi connectivity index (χ3v) is 2.35. The number of likely N-dealkylation sites (N-methyl/N-ethyl adjacent to an activating group) is 1. The Balaban J connectivity index is 2.64. The summed E-state index contributed by atoms with van der Waals surface area (Å²) in [5.41, 5.74) is 2.28. The zero-order valence-corrected chi connectivity index (χ0v) is 9.95. The first-order valence-electron chi connectivity index (χ1n) is 5.23. The maximum absolute atomic E-state index is 10.7. The van der Waals surface area contributed by atoms with Gasteiger partial charge < -0.3 is 15.3 Å². The maximum atomic E-state index is 10.7. The van der Waals surface area contributed by atoms with Crippen LogP contribution in [0.2, 0.25) is 0 Å². The Morgan fingerprint density at radius 2 is 2.12 bits per heavy atom. The lowest BCUT2D eigenvalue weighted by molar-refractivity contribution is 0.0697. The van der Waals surface area contributed by atoms with Gasteiger partial charge in [0, 0.05) is 18.8 Å². The molecule has 0 radical (unpaired) electrons. The largest absolute Gasteiger partial charge is 0.478 e. The molecule has 4 nitrogen and oxygen atoms in total. The molecule has 1 rings (SSSR count). The summed E-state index contributed by atoms with van der Waals surface area (Å²) in [4.78, 5) is 12.8. The lowest BCUT2D eigenvalue weighted by Crippen LogP contribution is -2.21. The predicted molar refractivity (Wildman–Crippen MR) is 65.2 cm³/mol. The van der Waals surface area contributed by atoms with Crippen LogP contribution in [0, 0.1) is 6.92 Å². The van der Waals surface area contributed by atoms with Gasteiger partial charge in [0.25, 0.3) is 0 Å². The summed E-state index contributed by atoms with van der Waals surface area (Å²) in [5.74, 6) is -0.886. The van der Waals surface area contributed by atoms with Crippen LogP contribution >= 0.6 is 0 Å². The lowest BCUT2D eigenvalue weighted by atomic mass is 10.1. The van der Waals surface area contributed by atoms with Crippen LogP contribution in [-0.2, 0) is 0 Å². The highest BCUT2D eigenvalue weighted by Crippen LogP contribution is 2.16. The highest BCUT2D eigenvalue weighted by Gasteiger charge is 2.05. The summed E-state index contributed by atoms with van der Waals surface area (Å²) < 4.78 is 0. The van der Waals surface area contributed by atoms with Crippen LogP contribution in [0.25, 0.3) is 0 Å². The minimum absolute atomic E-state index is 0.329. The van der Waals surface area contributed by atoms with E-state index in [2.05, 4.69) is 10.2 Å². The van der Waals surface area contributed by atoms with Crippen LogP contribution in [0.1, 0.15) is 15.9 Å². The van der Waals surface area contributed by atoms with Crippen molar-refractivity contribution in [2.75, 3.05) is 32.5 Å². The van der Waals surface area contributed by atoms with E-state index in [1.54, 1.807) is 12.1 Å². The fourth-order valence-electron chi connectivity index (χ4n) is 1.41. The third-order valence-electron chi connectivity index (χ3n) is 2.35. The Morgan fingerprint density at radius 1 is 1.44 bits per heavy atom. The van der Waals surface area contributed by atoms with Crippen LogP contribution in [-0.4, -0.2) is 43.2 Å². The number of carboxylic acids is 1. The summed E-state index contributed by atoms with van der Waals surface area (Å²) in [7, 11) is 4.03. The molecule has 16 heavy (non-hydrogen) atoms. The van der Waals surface area contributed by atoms with Crippen molar-refractivity contribution < 1.29 is 9.90 Å². The van der Waals surface area contributed by atoms with E-state index < -0.39 is 5.97 Å². The predicted octanol–water partition coefficient (Wildman–Crippen LogP) is 1.67. The van der Waals surface area contributed by atoms with Crippen LogP contribution in [0.5, 0.6) is 0 Å². The number of nitrogens with one attached hydrogen (secondary N) is 1. The Hall–Kier alpha value is -1.55. The van der Waals surface area contributed by atoms with E-state index >= 15 is 0 Å². The van der Waals surface area contributed by atoms with Gasteiger partial charge in [0.1, 0.15) is 0 Å². The lowest BCUT2D eigenvalue weighted by Gasteiger charge is -2.13. The first-order valence-corrected chi connectivity index (χ1v) is 5.23. The zero-order chi connectivity index (χ0) is 12.1. The Bertz CT molecular complexity index is 375. The molecule has 0 spiro atoms. The summed E-state index contributed by atoms with van der Waals surface area (Å²) in [6.45, 7) is 3.70. The number of aryl methyl sites for hydroxylation is 1. The van der Waals surface area contributed by atoms with Crippen molar-refractivity contribution in [1.29, 1.82) is 0 Å². The molecule has 1 aromatic rings. The minimum atomic E-state index is -0.886. The van der Waals surface area contributed by atoms with Crippen LogP contribution in [0.3, 0.4) is 0 Å². The number of hydrogen-bond donors (Lipinski definition) is 2. The second-order valence-electron chi connectivity index (χ2n) is 4.06. The molecule has 88 valence electrons. The molecule has 1 aromatic carbocycles. The second kappa shape index (κ2) is 5.51. The molecule has 0 saturated heterocycles. The van der Waals surface area contributed by atoms with Gasteiger partial charge in [-0.1, -0.05) is 0 Å². The summed E-state index contributed by atoms with van der Waals surface area (Å²) in [6.07, 6.45) is 0. The molecule has 2 N–H and O–H groups in total. The van der Waals surface area contributed by atoms with E-state index in [1.807, 2.05) is 27.1 Å². The molecule has 0 unspecified atom stereocenters. The Morgan fingerprint density at radius 3 is 2.62 bits per heavy atom. The van der Waals surface area contributed by atoms with Crippen molar-refractivity contribution in [2.45, 2.75) is 6.92 Å². The standard InChI is InChI=1S/C12H18N2O2/c1-9-8-10(12(15)16)4-5-11(9)13-6-7-14(2)3/h4-5,8,13H,6-7H2,1-3H3,(H,15,16). The maximum Gasteiger partial charge on any atom is 0.335 e. The third kappa shape index (κ3) is 3.55. The zero-order valence-electron chi connectivity index (χ0n) is 9.95. The molecule has 0 bridgehead atoms. The van der Waals surface area contributed by atoms with Crippen molar-refractivity contribution in [3.63, 3.8) is 0 Å². The van der Waals surface area contributed by atoms with Crippen LogP contribution in [0.4, 0.5) is 5.69 Å². The van der Waals surface area contributed by atoms with Crippen LogP contribution in [0.15, 0.2) is 18.2 Å². The van der Waals surface area contributed by atoms with E-state index in [1.165, 1.54) is 0 Å². The van der Waals surface area contributed by atoms with Gasteiger partial charge in [-0.15, -0.1) is 0 Å². The minimum Gasteiger partial charge on any atom is -0.478 e. The molecule has 0 aliphatic carbocycles. The second-order valence-corrected chi connectivity index (χ2v) is 4.06. The molecule has 0 aliphatic heterocycles. The number of anilines is 1. The molecule has 0 aromatic heterocycles. The SMILES string of the molecule is Cc1cc(C(=O)O)ccc1NCCN(C)C. The highest BCUT2D eigenvalue weighted by atomic mass is 16.4. The summed E-state index contributed by atoms with van der Waals surface area (Å²) in [5, 5.41) is 12.1. The first kappa shape index (κ1) is 12.5. The molecular weight excluding hydrogens is 204 g/mol. The molecule has 0 aliphatic rings. The summed E-state index contributed by atoms with van der Waals surface area (Å²) >= 11 is 0. The van der Waals surface area contributed by atoms with Gasteiger partial charge in [0.05, 0.1) is 5.56 Å². The number of aromatic carboxylic acids is 1. The monoisotopic (exact) mass is 222 g/mol. The van der Waals surface area contributed by atoms with E-state index in [0.29, 0.717) is 5.56 Å². The van der Waals surface area contributed by atoms with Crippen molar-refractivity contribution in [3.8, 4) is 0 Å². The van der Waals surface area contributed by atoms with Gasteiger partial charge in [-0.2, -0.15) is 0 Å². The Kier molecular flexibility index (Phi) is 4.31. The van der Waals surface area contributed by atoms with Crippen molar-refractivity contribution in [3.05, 3.63) is 29.3 Å². The average Bonchev–Trinajstić information content (AvgIpc) is 2.19. The molecule has 0 amide bonds. The molecule has 0 heterocycles. The molecule has 0 fully saturated rings. The van der Waals surface area contributed by atoms with Crippen LogP contribution < -0.4 is 5.32 Å². The summed E-state index contributed by atoms with van der Waals surface area (Å²) in [6, 6.07) is 5.11. The van der Waals surface area contributed by atoms with Crippen molar-refractivity contribution >= 4 is 11.7 Å². The normalized spacial score (nSPS) is 10.5. The van der Waals surface area contributed by atoms with E-state index in [4.69, 9.17) is 5.11 Å². The highest BCUT2D eigenvalue weighted by molar-refractivity contribution is 5.88. The smallest absolute Gasteiger partial charge is 0.335 e. The molecule has 0 saturated carbocycles. The average molecular weight is 222 g/mol. The molecule has 4 heteroatoms. The quantitative estimate of drug-likeness (QED) is 0.795. The topological polar surface area (TPSA) is 52.6 Å². The number of benzene rings is 1. The van der Waals surface area contributed by atoms with E-state index in [9.17, 15) is 4.79 Å². The van der Waals surface area contributed by atoms with Gasteiger partial charge in [-0.05, 0) is 44.8 Å². The Labute approximate surface area is 95.9 Å². The number of carboxylic acid groups (broad SMARTS) is 1. The van der Waals surface area contributed by atoms with Gasteiger partial charge >= 0.3 is 5.97 Å². The first-order chi connectivity index (χ1) is 7.50. The fourth-order valence-corrected chi connectivity index (χ4v) is 1.41. The van der Waals surface area contributed by atoms with Crippen molar-refractivity contribution in [2.24, 2.45) is 0 Å².